The smallest absolute Gasteiger partial charge is 0.338 e. The molecule has 0 aliphatic carbocycles. The van der Waals surface area contributed by atoms with Gasteiger partial charge in [0.2, 0.25) is 0 Å². The maximum Gasteiger partial charge on any atom is 0.338 e. The van der Waals surface area contributed by atoms with Crippen LogP contribution in [0.1, 0.15) is 10.4 Å². The molecule has 0 spiro atoms. The van der Waals surface area contributed by atoms with Gasteiger partial charge in [0.15, 0.2) is 23.2 Å². The van der Waals surface area contributed by atoms with Crippen LogP contribution in [0.25, 0.3) is 11.3 Å². The lowest BCUT2D eigenvalue weighted by Crippen LogP contribution is -2.20. The van der Waals surface area contributed by atoms with Crippen molar-refractivity contribution in [3.05, 3.63) is 53.7 Å². The van der Waals surface area contributed by atoms with Gasteiger partial charge < -0.3 is 14.2 Å². The molecular formula is C19H17N3O5S. The molecule has 0 atom stereocenters. The van der Waals surface area contributed by atoms with Crippen molar-refractivity contribution in [2.24, 2.45) is 0 Å². The van der Waals surface area contributed by atoms with Crippen LogP contribution in [0.3, 0.4) is 0 Å². The first-order valence-electron chi connectivity index (χ1n) is 8.15. The molecule has 0 saturated heterocycles. The number of nitrogens with one attached hydrogen (secondary N) is 1. The molecule has 1 N–H and O–H groups in total. The molecule has 3 aromatic rings. The Labute approximate surface area is 165 Å². The number of methoxy groups -OCH3 is 2. The summed E-state index contributed by atoms with van der Waals surface area (Å²) in [4.78, 5) is 32.0. The van der Waals surface area contributed by atoms with Crippen LogP contribution in [0.2, 0.25) is 0 Å². The van der Waals surface area contributed by atoms with E-state index in [-0.39, 0.29) is 0 Å². The fourth-order valence-corrected chi connectivity index (χ4v) is 3.05. The molecular weight excluding hydrogens is 382 g/mol. The SMILES string of the molecule is COc1ccc(-c2csc(NC(=O)COC(=O)c3ccncc3)n2)cc1OC. The molecule has 0 fully saturated rings. The maximum absolute atomic E-state index is 12.0. The highest BCUT2D eigenvalue weighted by Crippen LogP contribution is 2.33. The van der Waals surface area contributed by atoms with E-state index < -0.39 is 18.5 Å². The van der Waals surface area contributed by atoms with E-state index in [1.54, 1.807) is 31.7 Å². The van der Waals surface area contributed by atoms with Crippen LogP contribution in [-0.2, 0) is 9.53 Å². The van der Waals surface area contributed by atoms with Crippen LogP contribution in [0, 0.1) is 0 Å². The van der Waals surface area contributed by atoms with Gasteiger partial charge in [-0.2, -0.15) is 0 Å². The minimum absolute atomic E-state index is 0.327. The van der Waals surface area contributed by atoms with Crippen molar-refractivity contribution >= 4 is 28.3 Å². The predicted molar refractivity (Wildman–Crippen MR) is 104 cm³/mol. The Morgan fingerprint density at radius 2 is 1.82 bits per heavy atom. The first kappa shape index (κ1) is 19.3. The molecule has 0 aliphatic heterocycles. The Morgan fingerprint density at radius 3 is 2.54 bits per heavy atom. The number of carbonyl (C=O) groups is 2. The second kappa shape index (κ2) is 8.96. The average molecular weight is 399 g/mol. The van der Waals surface area contributed by atoms with E-state index >= 15 is 0 Å². The van der Waals surface area contributed by atoms with Crippen molar-refractivity contribution in [3.63, 3.8) is 0 Å². The highest BCUT2D eigenvalue weighted by molar-refractivity contribution is 7.14. The molecule has 0 bridgehead atoms. The molecule has 0 saturated carbocycles. The summed E-state index contributed by atoms with van der Waals surface area (Å²) in [5.74, 6) is 0.131. The third-order valence-electron chi connectivity index (χ3n) is 3.68. The highest BCUT2D eigenvalue weighted by atomic mass is 32.1. The molecule has 1 aromatic carbocycles. The van der Waals surface area contributed by atoms with Gasteiger partial charge in [0.1, 0.15) is 0 Å². The quantitative estimate of drug-likeness (QED) is 0.610. The zero-order valence-corrected chi connectivity index (χ0v) is 16.0. The number of thiazole rings is 1. The first-order valence-corrected chi connectivity index (χ1v) is 9.03. The molecule has 8 nitrogen and oxygen atoms in total. The number of hydrogen-bond donors (Lipinski definition) is 1. The van der Waals surface area contributed by atoms with Crippen LogP contribution >= 0.6 is 11.3 Å². The topological polar surface area (TPSA) is 99.6 Å². The molecule has 0 radical (unpaired) electrons. The summed E-state index contributed by atoms with van der Waals surface area (Å²) in [5, 5.41) is 4.82. The highest BCUT2D eigenvalue weighted by Gasteiger charge is 2.13. The minimum Gasteiger partial charge on any atom is -0.493 e. The number of benzene rings is 1. The van der Waals surface area contributed by atoms with Gasteiger partial charge in [-0.15, -0.1) is 11.3 Å². The van der Waals surface area contributed by atoms with E-state index in [0.717, 1.165) is 5.56 Å². The van der Waals surface area contributed by atoms with E-state index in [9.17, 15) is 9.59 Å². The molecule has 0 aliphatic rings. The Hall–Kier alpha value is -3.46. The minimum atomic E-state index is -0.595. The lowest BCUT2D eigenvalue weighted by atomic mass is 10.1. The summed E-state index contributed by atoms with van der Waals surface area (Å²) in [6.07, 6.45) is 2.95. The van der Waals surface area contributed by atoms with Crippen molar-refractivity contribution in [2.45, 2.75) is 0 Å². The summed E-state index contributed by atoms with van der Waals surface area (Å²) in [6.45, 7) is -0.410. The molecule has 1 amide bonds. The number of ether oxygens (including phenoxy) is 3. The van der Waals surface area contributed by atoms with Crippen LogP contribution in [0.5, 0.6) is 11.5 Å². The predicted octanol–water partition coefficient (Wildman–Crippen LogP) is 3.02. The van der Waals surface area contributed by atoms with E-state index in [4.69, 9.17) is 14.2 Å². The molecule has 3 rings (SSSR count). The fourth-order valence-electron chi connectivity index (χ4n) is 2.32. The summed E-state index contributed by atoms with van der Waals surface area (Å²) < 4.78 is 15.5. The number of pyridine rings is 1. The Kier molecular flexibility index (Phi) is 6.18. The maximum atomic E-state index is 12.0. The van der Waals surface area contributed by atoms with Crippen molar-refractivity contribution in [3.8, 4) is 22.8 Å². The number of esters is 1. The van der Waals surface area contributed by atoms with Gasteiger partial charge in [-0.1, -0.05) is 0 Å². The second-order valence-electron chi connectivity index (χ2n) is 5.47. The molecule has 9 heteroatoms. The van der Waals surface area contributed by atoms with E-state index in [2.05, 4.69) is 15.3 Å². The Balaban J connectivity index is 1.60. The monoisotopic (exact) mass is 399 g/mol. The molecule has 28 heavy (non-hydrogen) atoms. The summed E-state index contributed by atoms with van der Waals surface area (Å²) in [7, 11) is 3.12. The normalized spacial score (nSPS) is 10.2. The number of rotatable bonds is 7. The number of aromatic nitrogens is 2. The van der Waals surface area contributed by atoms with E-state index in [1.165, 1.54) is 35.9 Å². The first-order chi connectivity index (χ1) is 13.6. The fraction of sp³-hybridized carbons (Fsp3) is 0.158. The van der Waals surface area contributed by atoms with Gasteiger partial charge in [0.05, 0.1) is 25.5 Å². The van der Waals surface area contributed by atoms with Gasteiger partial charge in [-0.3, -0.25) is 15.1 Å². The van der Waals surface area contributed by atoms with Crippen molar-refractivity contribution in [1.29, 1.82) is 0 Å². The van der Waals surface area contributed by atoms with Crippen LogP contribution in [0.4, 0.5) is 5.13 Å². The molecule has 144 valence electrons. The van der Waals surface area contributed by atoms with Crippen molar-refractivity contribution in [1.82, 2.24) is 9.97 Å². The number of anilines is 1. The summed E-state index contributed by atoms with van der Waals surface area (Å²) >= 11 is 1.26. The molecule has 2 aromatic heterocycles. The van der Waals surface area contributed by atoms with E-state index in [0.29, 0.717) is 27.9 Å². The van der Waals surface area contributed by atoms with Crippen LogP contribution in [-0.4, -0.2) is 42.7 Å². The van der Waals surface area contributed by atoms with Crippen molar-refractivity contribution < 1.29 is 23.8 Å². The van der Waals surface area contributed by atoms with E-state index in [1.807, 2.05) is 6.07 Å². The summed E-state index contributed by atoms with van der Waals surface area (Å²) in [5.41, 5.74) is 1.82. The standard InChI is InChI=1S/C19H17N3O5S/c1-25-15-4-3-13(9-16(15)26-2)14-11-28-19(21-14)22-17(23)10-27-18(24)12-5-7-20-8-6-12/h3-9,11H,10H2,1-2H3,(H,21,22,23). The average Bonchev–Trinajstić information content (AvgIpc) is 3.20. The zero-order chi connectivity index (χ0) is 19.9. The van der Waals surface area contributed by atoms with Crippen molar-refractivity contribution in [2.75, 3.05) is 26.1 Å². The third kappa shape index (κ3) is 4.63. The van der Waals surface area contributed by atoms with Gasteiger partial charge in [0, 0.05) is 23.3 Å². The Bertz CT molecular complexity index is 975. The lowest BCUT2D eigenvalue weighted by molar-refractivity contribution is -0.119. The van der Waals surface area contributed by atoms with Gasteiger partial charge in [-0.05, 0) is 30.3 Å². The van der Waals surface area contributed by atoms with Gasteiger partial charge in [0.25, 0.3) is 5.91 Å². The van der Waals surface area contributed by atoms with Crippen LogP contribution in [0.15, 0.2) is 48.1 Å². The lowest BCUT2D eigenvalue weighted by Gasteiger charge is -2.08. The second-order valence-corrected chi connectivity index (χ2v) is 6.33. The number of hydrogen-bond acceptors (Lipinski definition) is 8. The van der Waals surface area contributed by atoms with Gasteiger partial charge >= 0.3 is 5.97 Å². The number of carbonyl (C=O) groups excluding carboxylic acids is 2. The number of nitrogens with zero attached hydrogens (tertiary/aromatic N) is 2. The van der Waals surface area contributed by atoms with Gasteiger partial charge in [-0.25, -0.2) is 9.78 Å². The zero-order valence-electron chi connectivity index (χ0n) is 15.2. The third-order valence-corrected chi connectivity index (χ3v) is 4.44. The largest absolute Gasteiger partial charge is 0.493 e. The summed E-state index contributed by atoms with van der Waals surface area (Å²) in [6, 6.07) is 8.45. The number of amides is 1. The molecule has 0 unspecified atom stereocenters. The van der Waals surface area contributed by atoms with Crippen LogP contribution < -0.4 is 14.8 Å². The Morgan fingerprint density at radius 1 is 1.07 bits per heavy atom. The molecule has 2 heterocycles.